The van der Waals surface area contributed by atoms with E-state index in [0.717, 1.165) is 0 Å². The molecular weight excluding hydrogens is 272 g/mol. The quantitative estimate of drug-likeness (QED) is 0.643. The number of hydrogen-bond acceptors (Lipinski definition) is 4. The molecule has 0 aromatic carbocycles. The minimum absolute atomic E-state index is 4.32. The Hall–Kier alpha value is 0.708. The van der Waals surface area contributed by atoms with Crippen molar-refractivity contribution in [2.24, 2.45) is 0 Å². The number of hydrogen-bond donors (Lipinski definition) is 0. The fraction of sp³-hybridized carbons (Fsp3) is 1.00. The molecule has 4 nitrogen and oxygen atoms in total. The lowest BCUT2D eigenvalue weighted by Gasteiger charge is -2.46. The van der Waals surface area contributed by atoms with E-state index in [2.05, 4.69) is 0 Å². The van der Waals surface area contributed by atoms with Crippen LogP contribution in [0.3, 0.4) is 0 Å². The lowest BCUT2D eigenvalue weighted by atomic mass is 11.9. The molecule has 1 fully saturated rings. The first-order valence-electron chi connectivity index (χ1n) is 15.6. The van der Waals surface area contributed by atoms with Gasteiger partial charge in [0, 0.05) is 32.9 Å². The van der Waals surface area contributed by atoms with Crippen molar-refractivity contribution in [2.45, 2.75) is 51.8 Å². The van der Waals surface area contributed by atoms with Crippen LogP contribution >= 0.6 is 0 Å². The summed E-state index contributed by atoms with van der Waals surface area (Å²) in [5.74, 6) is 0. The van der Waals surface area contributed by atoms with Crippen LogP contribution in [0.25, 0.3) is 0 Å². The Kier molecular flexibility index (Phi) is 0.641. The lowest BCUT2D eigenvalue weighted by Crippen LogP contribution is -2.64. The first-order valence-corrected chi connectivity index (χ1v) is 10.9. The Labute approximate surface area is 137 Å². The van der Waals surface area contributed by atoms with Crippen molar-refractivity contribution in [2.75, 3.05) is 0 Å². The zero-order valence-corrected chi connectivity index (χ0v) is 11.6. The third-order valence-electron chi connectivity index (χ3n) is 1.15. The normalized spacial score (nSPS) is 60.0. The summed E-state index contributed by atoms with van der Waals surface area (Å²) in [7, 11) is -27.9. The molecule has 0 aromatic heterocycles. The predicted molar refractivity (Wildman–Crippen MR) is 74.3 cm³/mol. The van der Waals surface area contributed by atoms with E-state index in [1.807, 2.05) is 0 Å². The molecule has 0 aromatic rings. The van der Waals surface area contributed by atoms with Crippen LogP contribution in [0, 0.1) is 0 Å². The monoisotopic (exact) mass is 320 g/mol. The zero-order valence-electron chi connectivity index (χ0n) is 31.6. The highest BCUT2D eigenvalue weighted by Crippen LogP contribution is 2.30. The molecule has 0 spiro atoms. The molecule has 1 aliphatic heterocycles. The largest absolute Gasteiger partial charge is 0.416 e. The van der Waals surface area contributed by atoms with Crippen LogP contribution in [0.5, 0.6) is 0 Å². The van der Waals surface area contributed by atoms with E-state index >= 15 is 0 Å². The summed E-state index contributed by atoms with van der Waals surface area (Å²) in [5.41, 5.74) is 0. The molecule has 0 aliphatic carbocycles. The van der Waals surface area contributed by atoms with E-state index in [0.29, 0.717) is 0 Å². The van der Waals surface area contributed by atoms with Crippen LogP contribution in [0.1, 0.15) is 32.9 Å². The van der Waals surface area contributed by atoms with Gasteiger partial charge in [0.1, 0.15) is 0 Å². The molecule has 0 atom stereocenters. The van der Waals surface area contributed by atoms with Crippen molar-refractivity contribution in [1.82, 2.24) is 0 Å². The molecule has 0 amide bonds. The second-order valence-electron chi connectivity index (χ2n) is 2.87. The van der Waals surface area contributed by atoms with Crippen LogP contribution in [-0.2, 0) is 16.5 Å². The van der Waals surface area contributed by atoms with Gasteiger partial charge >= 0.3 is 34.2 Å². The van der Waals surface area contributed by atoms with Gasteiger partial charge in [0.15, 0.2) is 0 Å². The molecule has 0 bridgehead atoms. The van der Waals surface area contributed by atoms with Gasteiger partial charge in [-0.05, 0) is 51.8 Å². The second-order valence-corrected chi connectivity index (χ2v) is 11.1. The molecule has 8 heteroatoms. The Bertz CT molecular complexity index is 704. The Morgan fingerprint density at radius 3 is 0.812 bits per heavy atom. The first-order chi connectivity index (χ1) is 16.8. The van der Waals surface area contributed by atoms with Gasteiger partial charge in [-0.25, -0.2) is 0 Å². The van der Waals surface area contributed by atoms with E-state index in [1.54, 1.807) is 0 Å². The summed E-state index contributed by atoms with van der Waals surface area (Å²) in [6, 6.07) is 0. The van der Waals surface area contributed by atoms with E-state index < -0.39 is 86.0 Å². The third-order valence-corrected chi connectivity index (χ3v) is 10.3. The van der Waals surface area contributed by atoms with E-state index in [9.17, 15) is 0 Å². The summed E-state index contributed by atoms with van der Waals surface area (Å²) in [6.45, 7) is -34.6. The average molecular weight is 321 g/mol. The van der Waals surface area contributed by atoms with Crippen molar-refractivity contribution < 1.29 is 49.4 Å². The molecule has 0 unspecified atom stereocenters. The molecule has 0 saturated carbocycles. The summed E-state index contributed by atoms with van der Waals surface area (Å²) in [4.78, 5) is 0. The van der Waals surface area contributed by atoms with Gasteiger partial charge in [-0.3, -0.25) is 0 Å². The molecule has 1 saturated heterocycles. The maximum atomic E-state index is 7.89. The molecule has 96 valence electrons. The van der Waals surface area contributed by atoms with Gasteiger partial charge in [-0.15, -0.1) is 0 Å². The zero-order chi connectivity index (χ0) is 32.8. The van der Waals surface area contributed by atoms with Crippen LogP contribution in [0.15, 0.2) is 0 Å². The molecule has 1 heterocycles. The van der Waals surface area contributed by atoms with Crippen LogP contribution < -0.4 is 0 Å². The Balaban J connectivity index is 4.82. The SMILES string of the molecule is [2H]C([2H])([2H])[Si]1(C([2H])([2H])[2H])O[Si](C([2H])([2H])[2H])(C([2H])([2H])[2H])O[Si](C([2H])([2H])[2H])(C([2H])([2H])[2H])O[Si](C([2H])([2H])[2H])(C([2H])([2H])[2H])O1. The van der Waals surface area contributed by atoms with Gasteiger partial charge in [-0.1, -0.05) is 0 Å². The van der Waals surface area contributed by atoms with Crippen LogP contribution in [-0.4, -0.2) is 34.2 Å². The molecule has 1 rings (SSSR count). The van der Waals surface area contributed by atoms with Gasteiger partial charge in [0.25, 0.3) is 0 Å². The van der Waals surface area contributed by atoms with Crippen LogP contribution in [0.2, 0.25) is 51.8 Å². The standard InChI is InChI=1S/C8H24O4Si4/c1-13(2)9-14(3,4)11-16(7,8)12-15(5,6)10-13/h1-8H3/i1D3,2D3,3D3,4D3,5D3,6D3,7D3,8D3. The lowest BCUT2D eigenvalue weighted by molar-refractivity contribution is 0.238. The fourth-order valence-corrected chi connectivity index (χ4v) is 9.54. The highest BCUT2D eigenvalue weighted by molar-refractivity contribution is 6.92. The summed E-state index contributed by atoms with van der Waals surface area (Å²) in [6.07, 6.45) is 0. The molecule has 16 heavy (non-hydrogen) atoms. The van der Waals surface area contributed by atoms with E-state index in [1.165, 1.54) is 0 Å². The average Bonchev–Trinajstić information content (AvgIpc) is 2.52. The van der Waals surface area contributed by atoms with Crippen molar-refractivity contribution in [3.63, 3.8) is 0 Å². The first kappa shape index (κ1) is 2.49. The third kappa shape index (κ3) is 4.53. The minimum atomic E-state index is -6.97. The van der Waals surface area contributed by atoms with Crippen molar-refractivity contribution in [3.8, 4) is 0 Å². The second kappa shape index (κ2) is 4.12. The van der Waals surface area contributed by atoms with Crippen LogP contribution in [0.4, 0.5) is 0 Å². The predicted octanol–water partition coefficient (Wildman–Crippen LogP) is 2.87. The maximum absolute atomic E-state index is 7.89. The smallest absolute Gasteiger partial charge is 0.314 e. The summed E-state index contributed by atoms with van der Waals surface area (Å²) in [5, 5.41) is 0. The minimum Gasteiger partial charge on any atom is -0.416 e. The van der Waals surface area contributed by atoms with Gasteiger partial charge < -0.3 is 16.5 Å². The molecule has 0 radical (unpaired) electrons. The Morgan fingerprint density at radius 1 is 0.500 bits per heavy atom. The molecule has 1 aliphatic rings. The van der Waals surface area contributed by atoms with Gasteiger partial charge in [0.05, 0.1) is 0 Å². The van der Waals surface area contributed by atoms with Gasteiger partial charge in [-0.2, -0.15) is 0 Å². The van der Waals surface area contributed by atoms with Crippen molar-refractivity contribution in [1.29, 1.82) is 0 Å². The van der Waals surface area contributed by atoms with E-state index in [-0.39, 0.29) is 0 Å². The van der Waals surface area contributed by atoms with Crippen molar-refractivity contribution >= 4 is 34.2 Å². The summed E-state index contributed by atoms with van der Waals surface area (Å²) >= 11 is 0. The molecule has 0 N–H and O–H groups in total. The highest BCUT2D eigenvalue weighted by atomic mass is 28.5. The fourth-order valence-electron chi connectivity index (χ4n) is 0.893. The number of rotatable bonds is 0. The van der Waals surface area contributed by atoms with E-state index in [4.69, 9.17) is 49.4 Å². The topological polar surface area (TPSA) is 36.9 Å². The molecular formula is C8H24O4Si4. The van der Waals surface area contributed by atoms with Crippen molar-refractivity contribution in [3.05, 3.63) is 0 Å². The van der Waals surface area contributed by atoms with Gasteiger partial charge in [0.2, 0.25) is 0 Å². The maximum Gasteiger partial charge on any atom is 0.314 e. The summed E-state index contributed by atoms with van der Waals surface area (Å²) < 4.78 is 209. The highest BCUT2D eigenvalue weighted by Gasteiger charge is 2.50. The Morgan fingerprint density at radius 2 is 0.688 bits per heavy atom.